The van der Waals surface area contributed by atoms with Crippen LogP contribution in [0.1, 0.15) is 39.2 Å². The third-order valence-electron chi connectivity index (χ3n) is 3.19. The number of aryl methyl sites for hydroxylation is 1. The largest absolute Gasteiger partial charge is 0.462 e. The number of carbonyl (C=O) groups excluding carboxylic acids is 1. The normalized spacial score (nSPS) is 12.8. The van der Waals surface area contributed by atoms with Gasteiger partial charge in [-0.3, -0.25) is 4.79 Å². The summed E-state index contributed by atoms with van der Waals surface area (Å²) in [7, 11) is 0. The molecule has 0 bridgehead atoms. The Labute approximate surface area is 142 Å². The van der Waals surface area contributed by atoms with Crippen LogP contribution in [0.4, 0.5) is 0 Å². The highest BCUT2D eigenvalue weighted by Gasteiger charge is 2.26. The molecule has 0 amide bonds. The van der Waals surface area contributed by atoms with E-state index in [1.54, 1.807) is 0 Å². The van der Waals surface area contributed by atoms with Crippen LogP contribution in [0.5, 0.6) is 0 Å². The quantitative estimate of drug-likeness (QED) is 0.280. The van der Waals surface area contributed by atoms with Crippen LogP contribution in [0.3, 0.4) is 0 Å². The van der Waals surface area contributed by atoms with Gasteiger partial charge in [0.05, 0.1) is 5.41 Å². The van der Waals surface area contributed by atoms with Crippen molar-refractivity contribution in [2.24, 2.45) is 5.41 Å². The lowest BCUT2D eigenvalue weighted by Gasteiger charge is -2.24. The molecule has 0 saturated carbocycles. The SMILES string of the molecule is C=C(CI)C[C@@H](CCc1ccccc1)OC(=O)C(C)(C)C. The van der Waals surface area contributed by atoms with Crippen molar-refractivity contribution in [1.29, 1.82) is 0 Å². The maximum absolute atomic E-state index is 12.1. The Kier molecular flexibility index (Phi) is 7.43. The van der Waals surface area contributed by atoms with Gasteiger partial charge in [-0.1, -0.05) is 65.1 Å². The number of esters is 1. The zero-order chi connectivity index (χ0) is 15.9. The minimum absolute atomic E-state index is 0.0841. The van der Waals surface area contributed by atoms with Crippen LogP contribution in [0, 0.1) is 5.41 Å². The van der Waals surface area contributed by atoms with Gasteiger partial charge in [0.25, 0.3) is 0 Å². The minimum atomic E-state index is -0.462. The summed E-state index contributed by atoms with van der Waals surface area (Å²) in [4.78, 5) is 12.1. The fourth-order valence-electron chi connectivity index (χ4n) is 1.88. The van der Waals surface area contributed by atoms with Gasteiger partial charge in [0.2, 0.25) is 0 Å². The summed E-state index contributed by atoms with van der Waals surface area (Å²) in [5.41, 5.74) is 1.93. The molecule has 0 unspecified atom stereocenters. The Hall–Kier alpha value is -0.840. The fourth-order valence-corrected chi connectivity index (χ4v) is 2.19. The van der Waals surface area contributed by atoms with Gasteiger partial charge >= 0.3 is 5.97 Å². The maximum atomic E-state index is 12.1. The second-order valence-corrected chi connectivity index (χ2v) is 7.15. The molecular weight excluding hydrogens is 375 g/mol. The molecule has 0 radical (unpaired) electrons. The van der Waals surface area contributed by atoms with E-state index in [0.29, 0.717) is 0 Å². The Bertz CT molecular complexity index is 460. The standard InChI is InChI=1S/C18H25IO2/c1-14(13-19)12-16(21-17(20)18(2,3)4)11-10-15-8-6-5-7-9-15/h5-9,16H,1,10-13H2,2-4H3/t16-/m1/s1. The van der Waals surface area contributed by atoms with Gasteiger partial charge in [-0.05, 0) is 39.2 Å². The van der Waals surface area contributed by atoms with E-state index in [1.807, 2.05) is 39.0 Å². The van der Waals surface area contributed by atoms with Crippen molar-refractivity contribution < 1.29 is 9.53 Å². The van der Waals surface area contributed by atoms with E-state index in [0.717, 1.165) is 29.3 Å². The van der Waals surface area contributed by atoms with E-state index >= 15 is 0 Å². The van der Waals surface area contributed by atoms with Crippen molar-refractivity contribution in [2.75, 3.05) is 4.43 Å². The number of hydrogen-bond donors (Lipinski definition) is 0. The number of rotatable bonds is 7. The summed E-state index contributed by atoms with van der Waals surface area (Å²) < 4.78 is 6.60. The summed E-state index contributed by atoms with van der Waals surface area (Å²) in [5, 5.41) is 0. The molecule has 0 heterocycles. The summed E-state index contributed by atoms with van der Waals surface area (Å²) >= 11 is 2.30. The van der Waals surface area contributed by atoms with E-state index < -0.39 is 5.41 Å². The van der Waals surface area contributed by atoms with Crippen molar-refractivity contribution in [2.45, 2.75) is 46.1 Å². The van der Waals surface area contributed by atoms with Gasteiger partial charge in [-0.25, -0.2) is 0 Å². The first-order chi connectivity index (χ1) is 9.82. The second kappa shape index (κ2) is 8.57. The van der Waals surface area contributed by atoms with E-state index in [4.69, 9.17) is 4.74 Å². The van der Waals surface area contributed by atoms with Crippen LogP contribution in [-0.4, -0.2) is 16.5 Å². The molecular formula is C18H25IO2. The number of ether oxygens (including phenoxy) is 1. The first kappa shape index (κ1) is 18.2. The highest BCUT2D eigenvalue weighted by molar-refractivity contribution is 14.1. The topological polar surface area (TPSA) is 26.3 Å². The summed E-state index contributed by atoms with van der Waals surface area (Å²) in [5.74, 6) is -0.137. The number of alkyl halides is 1. The lowest BCUT2D eigenvalue weighted by Crippen LogP contribution is -2.29. The van der Waals surface area contributed by atoms with Crippen molar-refractivity contribution in [3.63, 3.8) is 0 Å². The number of carbonyl (C=O) groups is 1. The Morgan fingerprint density at radius 3 is 2.43 bits per heavy atom. The minimum Gasteiger partial charge on any atom is -0.462 e. The molecule has 0 aliphatic heterocycles. The number of halogens is 1. The van der Waals surface area contributed by atoms with E-state index in [9.17, 15) is 4.79 Å². The molecule has 1 aromatic carbocycles. The first-order valence-electron chi connectivity index (χ1n) is 7.30. The van der Waals surface area contributed by atoms with Crippen molar-refractivity contribution in [3.05, 3.63) is 48.0 Å². The zero-order valence-corrected chi connectivity index (χ0v) is 15.4. The lowest BCUT2D eigenvalue weighted by atomic mass is 9.96. The van der Waals surface area contributed by atoms with Crippen molar-refractivity contribution in [1.82, 2.24) is 0 Å². The van der Waals surface area contributed by atoms with Crippen LogP contribution < -0.4 is 0 Å². The average Bonchev–Trinajstić information content (AvgIpc) is 2.44. The van der Waals surface area contributed by atoms with Crippen LogP contribution in [0.25, 0.3) is 0 Å². The molecule has 0 saturated heterocycles. The number of hydrogen-bond acceptors (Lipinski definition) is 2. The lowest BCUT2D eigenvalue weighted by molar-refractivity contribution is -0.158. The van der Waals surface area contributed by atoms with Gasteiger partial charge in [-0.15, -0.1) is 0 Å². The molecule has 2 nitrogen and oxygen atoms in total. The summed E-state index contributed by atoms with van der Waals surface area (Å²) in [6, 6.07) is 10.3. The van der Waals surface area contributed by atoms with E-state index in [1.165, 1.54) is 5.56 Å². The number of benzene rings is 1. The summed E-state index contributed by atoms with van der Waals surface area (Å²) in [6.07, 6.45) is 2.41. The molecule has 0 N–H and O–H groups in total. The Morgan fingerprint density at radius 2 is 1.90 bits per heavy atom. The van der Waals surface area contributed by atoms with Crippen LogP contribution in [-0.2, 0) is 16.0 Å². The molecule has 0 aromatic heterocycles. The molecule has 1 rings (SSSR count). The van der Waals surface area contributed by atoms with Gasteiger partial charge in [0.1, 0.15) is 6.10 Å². The predicted molar refractivity (Wildman–Crippen MR) is 96.7 cm³/mol. The highest BCUT2D eigenvalue weighted by atomic mass is 127. The molecule has 3 heteroatoms. The van der Waals surface area contributed by atoms with Gasteiger partial charge in [0.15, 0.2) is 0 Å². The molecule has 116 valence electrons. The van der Waals surface area contributed by atoms with Crippen molar-refractivity contribution >= 4 is 28.6 Å². The monoisotopic (exact) mass is 400 g/mol. The van der Waals surface area contributed by atoms with E-state index in [2.05, 4.69) is 41.3 Å². The maximum Gasteiger partial charge on any atom is 0.311 e. The van der Waals surface area contributed by atoms with Crippen LogP contribution in [0.15, 0.2) is 42.5 Å². The van der Waals surface area contributed by atoms with Gasteiger partial charge < -0.3 is 4.74 Å². The average molecular weight is 400 g/mol. The molecule has 1 aromatic rings. The third kappa shape index (κ3) is 7.11. The zero-order valence-electron chi connectivity index (χ0n) is 13.2. The molecule has 0 fully saturated rings. The predicted octanol–water partition coefficient (Wildman–Crippen LogP) is 4.96. The molecule has 0 aliphatic carbocycles. The van der Waals surface area contributed by atoms with Gasteiger partial charge in [0, 0.05) is 10.8 Å². The smallest absolute Gasteiger partial charge is 0.311 e. The molecule has 0 aliphatic rings. The molecule has 1 atom stereocenters. The molecule has 0 spiro atoms. The Balaban J connectivity index is 2.64. The summed E-state index contributed by atoms with van der Waals surface area (Å²) in [6.45, 7) is 9.70. The van der Waals surface area contributed by atoms with Crippen LogP contribution in [0.2, 0.25) is 0 Å². The highest BCUT2D eigenvalue weighted by Crippen LogP contribution is 2.21. The second-order valence-electron chi connectivity index (χ2n) is 6.39. The van der Waals surface area contributed by atoms with Crippen molar-refractivity contribution in [3.8, 4) is 0 Å². The molecule has 21 heavy (non-hydrogen) atoms. The fraction of sp³-hybridized carbons (Fsp3) is 0.500. The van der Waals surface area contributed by atoms with Gasteiger partial charge in [-0.2, -0.15) is 0 Å². The van der Waals surface area contributed by atoms with Crippen LogP contribution >= 0.6 is 22.6 Å². The first-order valence-corrected chi connectivity index (χ1v) is 8.83. The Morgan fingerprint density at radius 1 is 1.29 bits per heavy atom. The third-order valence-corrected chi connectivity index (χ3v) is 4.27. The van der Waals surface area contributed by atoms with E-state index in [-0.39, 0.29) is 12.1 Å².